The molecule has 0 aromatic heterocycles. The van der Waals surface area contributed by atoms with Crippen molar-refractivity contribution in [1.82, 2.24) is 4.90 Å². The molecule has 2 rings (SSSR count). The van der Waals surface area contributed by atoms with E-state index in [1.807, 2.05) is 0 Å². The van der Waals surface area contributed by atoms with Crippen LogP contribution in [-0.2, 0) is 15.8 Å². The highest BCUT2D eigenvalue weighted by Gasteiger charge is 2.34. The maximum absolute atomic E-state index is 12.9. The fourth-order valence-electron chi connectivity index (χ4n) is 2.43. The van der Waals surface area contributed by atoms with Gasteiger partial charge >= 0.3 is 12.1 Å². The van der Waals surface area contributed by atoms with Crippen molar-refractivity contribution in [3.8, 4) is 0 Å². The van der Waals surface area contributed by atoms with Crippen LogP contribution in [0.15, 0.2) is 18.2 Å². The molecule has 0 saturated carbocycles. The first-order valence-electron chi connectivity index (χ1n) is 6.78. The van der Waals surface area contributed by atoms with Gasteiger partial charge in [0.05, 0.1) is 23.7 Å². The minimum atomic E-state index is -4.64. The molecular formula is C14H15Cl2F3N2O3. The first kappa shape index (κ1) is 20.5. The Morgan fingerprint density at radius 2 is 2.04 bits per heavy atom. The predicted molar refractivity (Wildman–Crippen MR) is 84.5 cm³/mol. The second kappa shape index (κ2) is 8.04. The van der Waals surface area contributed by atoms with Crippen molar-refractivity contribution in [2.45, 2.75) is 12.6 Å². The van der Waals surface area contributed by atoms with E-state index in [-0.39, 0.29) is 36.2 Å². The number of hydrogen-bond acceptors (Lipinski definition) is 3. The number of anilines is 1. The van der Waals surface area contributed by atoms with E-state index in [2.05, 4.69) is 5.32 Å². The van der Waals surface area contributed by atoms with Gasteiger partial charge in [0.2, 0.25) is 5.91 Å². The lowest BCUT2D eigenvalue weighted by molar-refractivity contribution is -0.141. The van der Waals surface area contributed by atoms with Crippen LogP contribution in [0.4, 0.5) is 18.9 Å². The number of carbonyl (C=O) groups excluding carboxylic acids is 1. The number of nitrogens with zero attached hydrogens (tertiary/aromatic N) is 1. The van der Waals surface area contributed by atoms with Crippen molar-refractivity contribution in [2.24, 2.45) is 5.92 Å². The Hall–Kier alpha value is -1.51. The lowest BCUT2D eigenvalue weighted by Gasteiger charge is -2.17. The maximum atomic E-state index is 12.9. The first-order valence-corrected chi connectivity index (χ1v) is 7.16. The highest BCUT2D eigenvalue weighted by molar-refractivity contribution is 6.30. The van der Waals surface area contributed by atoms with Crippen molar-refractivity contribution < 1.29 is 27.9 Å². The lowest BCUT2D eigenvalue weighted by Crippen LogP contribution is -2.32. The molecule has 0 bridgehead atoms. The Bertz CT molecular complexity index is 626. The smallest absolute Gasteiger partial charge is 0.418 e. The molecule has 1 unspecified atom stereocenters. The van der Waals surface area contributed by atoms with Crippen LogP contribution in [0.2, 0.25) is 5.02 Å². The summed E-state index contributed by atoms with van der Waals surface area (Å²) in [7, 11) is 0. The predicted octanol–water partition coefficient (Wildman–Crippen LogP) is 3.13. The zero-order chi connectivity index (χ0) is 17.2. The van der Waals surface area contributed by atoms with E-state index in [9.17, 15) is 22.8 Å². The van der Waals surface area contributed by atoms with Crippen LogP contribution >= 0.6 is 24.0 Å². The normalized spacial score (nSPS) is 18.1. The summed E-state index contributed by atoms with van der Waals surface area (Å²) in [5.74, 6) is -2.13. The molecule has 1 aromatic rings. The summed E-state index contributed by atoms with van der Waals surface area (Å²) in [5.41, 5.74) is -1.40. The van der Waals surface area contributed by atoms with Gasteiger partial charge in [0.15, 0.2) is 0 Å². The van der Waals surface area contributed by atoms with E-state index in [0.29, 0.717) is 13.0 Å². The van der Waals surface area contributed by atoms with Crippen LogP contribution in [0.5, 0.6) is 0 Å². The summed E-state index contributed by atoms with van der Waals surface area (Å²) in [6.07, 6.45) is -4.23. The number of halogens is 5. The number of benzene rings is 1. The maximum Gasteiger partial charge on any atom is 0.418 e. The lowest BCUT2D eigenvalue weighted by atomic mass is 10.1. The minimum absolute atomic E-state index is 0. The Morgan fingerprint density at radius 3 is 2.58 bits per heavy atom. The van der Waals surface area contributed by atoms with Crippen molar-refractivity contribution in [3.05, 3.63) is 28.8 Å². The van der Waals surface area contributed by atoms with Gasteiger partial charge in [0.25, 0.3) is 0 Å². The molecule has 1 aliphatic heterocycles. The van der Waals surface area contributed by atoms with Crippen LogP contribution in [0, 0.1) is 5.92 Å². The number of rotatable bonds is 4. The highest BCUT2D eigenvalue weighted by Crippen LogP contribution is 2.36. The number of carboxylic acids is 1. The van der Waals surface area contributed by atoms with Crippen molar-refractivity contribution in [1.29, 1.82) is 0 Å². The van der Waals surface area contributed by atoms with Crippen molar-refractivity contribution >= 4 is 41.6 Å². The molecule has 0 aliphatic carbocycles. The summed E-state index contributed by atoms with van der Waals surface area (Å²) in [6.45, 7) is 0.455. The summed E-state index contributed by atoms with van der Waals surface area (Å²) < 4.78 is 38.8. The number of aliphatic carboxylic acids is 1. The summed E-state index contributed by atoms with van der Waals surface area (Å²) in [5, 5.41) is 11.0. The number of amides is 1. The number of nitrogens with one attached hydrogen (secondary N) is 1. The molecule has 1 saturated heterocycles. The molecule has 10 heteroatoms. The molecule has 1 aliphatic rings. The molecule has 24 heavy (non-hydrogen) atoms. The van der Waals surface area contributed by atoms with E-state index in [4.69, 9.17) is 16.7 Å². The largest absolute Gasteiger partial charge is 0.481 e. The van der Waals surface area contributed by atoms with E-state index in [1.54, 1.807) is 4.90 Å². The van der Waals surface area contributed by atoms with E-state index >= 15 is 0 Å². The molecule has 1 atom stereocenters. The third-order valence-corrected chi connectivity index (χ3v) is 3.79. The van der Waals surface area contributed by atoms with Gasteiger partial charge in [-0.2, -0.15) is 13.2 Å². The van der Waals surface area contributed by atoms with Gasteiger partial charge in [-0.3, -0.25) is 14.5 Å². The molecule has 1 aromatic carbocycles. The van der Waals surface area contributed by atoms with Gasteiger partial charge in [0.1, 0.15) is 0 Å². The van der Waals surface area contributed by atoms with Gasteiger partial charge in [-0.25, -0.2) is 0 Å². The number of likely N-dealkylation sites (tertiary alicyclic amines) is 1. The average molecular weight is 387 g/mol. The third-order valence-electron chi connectivity index (χ3n) is 3.55. The van der Waals surface area contributed by atoms with E-state index < -0.39 is 29.5 Å². The zero-order valence-electron chi connectivity index (χ0n) is 12.3. The van der Waals surface area contributed by atoms with Crippen LogP contribution < -0.4 is 5.32 Å². The van der Waals surface area contributed by atoms with Gasteiger partial charge in [-0.05, 0) is 31.2 Å². The fourth-order valence-corrected chi connectivity index (χ4v) is 2.60. The zero-order valence-corrected chi connectivity index (χ0v) is 13.8. The van der Waals surface area contributed by atoms with Gasteiger partial charge in [-0.15, -0.1) is 12.4 Å². The quantitative estimate of drug-likeness (QED) is 0.833. The SMILES string of the molecule is Cl.O=C(CN1CCC(C(=O)O)C1)Nc1ccc(Cl)cc1C(F)(F)F. The molecule has 1 heterocycles. The molecule has 0 spiro atoms. The monoisotopic (exact) mass is 386 g/mol. The van der Waals surface area contributed by atoms with Gasteiger partial charge < -0.3 is 10.4 Å². The summed E-state index contributed by atoms with van der Waals surface area (Å²) in [4.78, 5) is 24.3. The Balaban J connectivity index is 0.00000288. The molecule has 2 N–H and O–H groups in total. The number of hydrogen-bond donors (Lipinski definition) is 2. The average Bonchev–Trinajstić information content (AvgIpc) is 2.88. The Morgan fingerprint density at radius 1 is 1.38 bits per heavy atom. The van der Waals surface area contributed by atoms with Crippen LogP contribution in [0.3, 0.4) is 0 Å². The summed E-state index contributed by atoms with van der Waals surface area (Å²) >= 11 is 5.57. The second-order valence-electron chi connectivity index (χ2n) is 5.29. The number of carbonyl (C=O) groups is 2. The van der Waals surface area contributed by atoms with Gasteiger partial charge in [-0.1, -0.05) is 11.6 Å². The second-order valence-corrected chi connectivity index (χ2v) is 5.73. The highest BCUT2D eigenvalue weighted by atomic mass is 35.5. The molecule has 134 valence electrons. The minimum Gasteiger partial charge on any atom is -0.481 e. The van der Waals surface area contributed by atoms with Crippen molar-refractivity contribution in [3.63, 3.8) is 0 Å². The Kier molecular flexibility index (Phi) is 6.88. The van der Waals surface area contributed by atoms with Crippen LogP contribution in [-0.4, -0.2) is 41.5 Å². The molecular weight excluding hydrogens is 372 g/mol. The molecule has 5 nitrogen and oxygen atoms in total. The number of alkyl halides is 3. The van der Waals surface area contributed by atoms with Crippen LogP contribution in [0.25, 0.3) is 0 Å². The third kappa shape index (κ3) is 5.25. The molecule has 1 fully saturated rings. The van der Waals surface area contributed by atoms with Gasteiger partial charge in [0, 0.05) is 11.6 Å². The topological polar surface area (TPSA) is 69.6 Å². The van der Waals surface area contributed by atoms with Crippen LogP contribution in [0.1, 0.15) is 12.0 Å². The molecule has 1 amide bonds. The first-order chi connectivity index (χ1) is 10.7. The standard InChI is InChI=1S/C14H14ClF3N2O3.ClH/c15-9-1-2-11(10(5-9)14(16,17)18)19-12(21)7-20-4-3-8(6-20)13(22)23;/h1-2,5,8H,3-4,6-7H2,(H,19,21)(H,22,23);1H. The van der Waals surface area contributed by atoms with Crippen molar-refractivity contribution in [2.75, 3.05) is 25.0 Å². The van der Waals surface area contributed by atoms with E-state index in [0.717, 1.165) is 12.1 Å². The Labute approximate surface area is 147 Å². The number of carboxylic acid groups (broad SMARTS) is 1. The summed E-state index contributed by atoms with van der Waals surface area (Å²) in [6, 6.07) is 3.09. The molecule has 0 radical (unpaired) electrons. The van der Waals surface area contributed by atoms with E-state index in [1.165, 1.54) is 6.07 Å². The fraction of sp³-hybridized carbons (Fsp3) is 0.429.